The Labute approximate surface area is 117 Å². The molecule has 0 aromatic heterocycles. The number of nitro groups is 1. The minimum Gasteiger partial charge on any atom is -0.354 e. The minimum atomic E-state index is -0.699. The fraction of sp³-hybridized carbons (Fsp3) is 0.500. The van der Waals surface area contributed by atoms with Gasteiger partial charge in [-0.15, -0.1) is 0 Å². The van der Waals surface area contributed by atoms with Gasteiger partial charge in [0.05, 0.1) is 10.5 Å². The lowest BCUT2D eigenvalue weighted by molar-refractivity contribution is -0.384. The largest absolute Gasteiger partial charge is 0.354 e. The zero-order valence-electron chi connectivity index (χ0n) is 11.3. The summed E-state index contributed by atoms with van der Waals surface area (Å²) in [6.45, 7) is 0.496. The predicted octanol–water partition coefficient (Wildman–Crippen LogP) is 1.52. The summed E-state index contributed by atoms with van der Waals surface area (Å²) in [6, 6.07) is 6.35. The molecule has 2 rings (SSSR count). The number of hydrogen-bond acceptors (Lipinski definition) is 4. The molecule has 1 aliphatic carbocycles. The summed E-state index contributed by atoms with van der Waals surface area (Å²) in [7, 11) is 0. The molecule has 1 saturated carbocycles. The number of non-ortho nitro benzene ring substituents is 1. The van der Waals surface area contributed by atoms with Gasteiger partial charge in [0.25, 0.3) is 5.69 Å². The molecule has 1 fully saturated rings. The average Bonchev–Trinajstić information content (AvgIpc) is 2.87. The Balaban J connectivity index is 1.81. The molecule has 108 valence electrons. The monoisotopic (exact) mass is 277 g/mol. The summed E-state index contributed by atoms with van der Waals surface area (Å²) < 4.78 is 0. The molecule has 6 nitrogen and oxygen atoms in total. The van der Waals surface area contributed by atoms with Crippen molar-refractivity contribution in [2.24, 2.45) is 5.73 Å². The fourth-order valence-electron chi connectivity index (χ4n) is 2.51. The van der Waals surface area contributed by atoms with Crippen molar-refractivity contribution in [3.05, 3.63) is 39.9 Å². The molecule has 1 amide bonds. The summed E-state index contributed by atoms with van der Waals surface area (Å²) in [6.07, 6.45) is 4.14. The smallest absolute Gasteiger partial charge is 0.269 e. The fourth-order valence-corrected chi connectivity index (χ4v) is 2.51. The Morgan fingerprint density at radius 3 is 2.45 bits per heavy atom. The molecule has 0 unspecified atom stereocenters. The summed E-state index contributed by atoms with van der Waals surface area (Å²) in [5.41, 5.74) is 6.38. The van der Waals surface area contributed by atoms with E-state index >= 15 is 0 Å². The maximum Gasteiger partial charge on any atom is 0.269 e. The van der Waals surface area contributed by atoms with Gasteiger partial charge in [-0.3, -0.25) is 14.9 Å². The van der Waals surface area contributed by atoms with Crippen LogP contribution in [-0.2, 0) is 11.2 Å². The van der Waals surface area contributed by atoms with Crippen LogP contribution in [0.5, 0.6) is 0 Å². The van der Waals surface area contributed by atoms with Crippen LogP contribution in [0.3, 0.4) is 0 Å². The molecule has 1 aromatic carbocycles. The number of amides is 1. The van der Waals surface area contributed by atoms with Crippen LogP contribution in [0.2, 0.25) is 0 Å². The van der Waals surface area contributed by atoms with Crippen molar-refractivity contribution in [1.29, 1.82) is 0 Å². The van der Waals surface area contributed by atoms with Gasteiger partial charge in [0.1, 0.15) is 0 Å². The van der Waals surface area contributed by atoms with Crippen molar-refractivity contribution < 1.29 is 9.72 Å². The molecule has 0 spiro atoms. The Morgan fingerprint density at radius 1 is 1.30 bits per heavy atom. The third-order valence-electron chi connectivity index (χ3n) is 3.79. The number of benzene rings is 1. The number of nitrogens with two attached hydrogens (primary N) is 1. The highest BCUT2D eigenvalue weighted by molar-refractivity contribution is 5.86. The molecule has 0 aliphatic heterocycles. The van der Waals surface area contributed by atoms with Gasteiger partial charge in [0.2, 0.25) is 5.91 Å². The van der Waals surface area contributed by atoms with Crippen LogP contribution in [0.15, 0.2) is 24.3 Å². The van der Waals surface area contributed by atoms with Gasteiger partial charge >= 0.3 is 0 Å². The molecule has 0 radical (unpaired) electrons. The SMILES string of the molecule is NC1(C(=O)NCCc2ccc([N+](=O)[O-])cc2)CCCC1. The summed E-state index contributed by atoms with van der Waals surface area (Å²) in [5, 5.41) is 13.4. The second-order valence-electron chi connectivity index (χ2n) is 5.29. The van der Waals surface area contributed by atoms with Crippen LogP contribution in [-0.4, -0.2) is 22.9 Å². The number of nitro benzene ring substituents is 1. The quantitative estimate of drug-likeness (QED) is 0.629. The molecule has 1 aromatic rings. The lowest BCUT2D eigenvalue weighted by Crippen LogP contribution is -2.52. The average molecular weight is 277 g/mol. The maximum atomic E-state index is 12.0. The van der Waals surface area contributed by atoms with E-state index in [1.165, 1.54) is 12.1 Å². The first-order valence-electron chi connectivity index (χ1n) is 6.82. The molecule has 3 N–H and O–H groups in total. The van der Waals surface area contributed by atoms with Crippen LogP contribution >= 0.6 is 0 Å². The van der Waals surface area contributed by atoms with E-state index < -0.39 is 10.5 Å². The van der Waals surface area contributed by atoms with Gasteiger partial charge in [0, 0.05) is 18.7 Å². The molecule has 0 saturated heterocycles. The zero-order valence-corrected chi connectivity index (χ0v) is 11.3. The third kappa shape index (κ3) is 3.33. The minimum absolute atomic E-state index is 0.0738. The first-order valence-corrected chi connectivity index (χ1v) is 6.82. The Hall–Kier alpha value is -1.95. The Morgan fingerprint density at radius 2 is 1.90 bits per heavy atom. The lowest BCUT2D eigenvalue weighted by atomic mass is 9.98. The van der Waals surface area contributed by atoms with Gasteiger partial charge in [-0.25, -0.2) is 0 Å². The second kappa shape index (κ2) is 6.00. The highest BCUT2D eigenvalue weighted by atomic mass is 16.6. The first-order chi connectivity index (χ1) is 9.51. The molecule has 0 bridgehead atoms. The number of carbonyl (C=O) groups is 1. The van der Waals surface area contributed by atoms with Gasteiger partial charge in [-0.2, -0.15) is 0 Å². The van der Waals surface area contributed by atoms with E-state index in [0.717, 1.165) is 31.2 Å². The second-order valence-corrected chi connectivity index (χ2v) is 5.29. The number of nitrogens with one attached hydrogen (secondary N) is 1. The van der Waals surface area contributed by atoms with Crippen LogP contribution in [0.1, 0.15) is 31.2 Å². The van der Waals surface area contributed by atoms with Gasteiger partial charge < -0.3 is 11.1 Å². The highest BCUT2D eigenvalue weighted by Crippen LogP contribution is 2.27. The predicted molar refractivity (Wildman–Crippen MR) is 75.2 cm³/mol. The van der Waals surface area contributed by atoms with Crippen molar-refractivity contribution >= 4 is 11.6 Å². The van der Waals surface area contributed by atoms with E-state index in [4.69, 9.17) is 5.73 Å². The van der Waals surface area contributed by atoms with Gasteiger partial charge in [-0.05, 0) is 24.8 Å². The number of hydrogen-bond donors (Lipinski definition) is 2. The van der Waals surface area contributed by atoms with E-state index in [2.05, 4.69) is 5.32 Å². The van der Waals surface area contributed by atoms with Crippen molar-refractivity contribution in [3.8, 4) is 0 Å². The normalized spacial score (nSPS) is 16.9. The summed E-state index contributed by atoms with van der Waals surface area (Å²) >= 11 is 0. The summed E-state index contributed by atoms with van der Waals surface area (Å²) in [5.74, 6) is -0.0862. The van der Waals surface area contributed by atoms with Crippen LogP contribution in [0, 0.1) is 10.1 Å². The Bertz CT molecular complexity index is 493. The molecule has 0 heterocycles. The molecular formula is C14H19N3O3. The summed E-state index contributed by atoms with van der Waals surface area (Å²) in [4.78, 5) is 22.1. The van der Waals surface area contributed by atoms with Crippen molar-refractivity contribution in [2.75, 3.05) is 6.54 Å². The van der Waals surface area contributed by atoms with Crippen molar-refractivity contribution in [2.45, 2.75) is 37.6 Å². The van der Waals surface area contributed by atoms with Gasteiger partial charge in [-0.1, -0.05) is 25.0 Å². The van der Waals surface area contributed by atoms with E-state index in [1.807, 2.05) is 0 Å². The lowest BCUT2D eigenvalue weighted by Gasteiger charge is -2.22. The van der Waals surface area contributed by atoms with Crippen LogP contribution in [0.25, 0.3) is 0 Å². The number of carbonyl (C=O) groups excluding carboxylic acids is 1. The van der Waals surface area contributed by atoms with E-state index in [-0.39, 0.29) is 11.6 Å². The Kier molecular flexibility index (Phi) is 4.34. The number of nitrogens with zero attached hydrogens (tertiary/aromatic N) is 1. The van der Waals surface area contributed by atoms with E-state index in [0.29, 0.717) is 13.0 Å². The highest BCUT2D eigenvalue weighted by Gasteiger charge is 2.36. The molecule has 1 aliphatic rings. The van der Waals surface area contributed by atoms with Crippen molar-refractivity contribution in [3.63, 3.8) is 0 Å². The van der Waals surface area contributed by atoms with Gasteiger partial charge in [0.15, 0.2) is 0 Å². The molecular weight excluding hydrogens is 258 g/mol. The molecule has 20 heavy (non-hydrogen) atoms. The van der Waals surface area contributed by atoms with Crippen LogP contribution in [0.4, 0.5) is 5.69 Å². The van der Waals surface area contributed by atoms with E-state index in [9.17, 15) is 14.9 Å². The third-order valence-corrected chi connectivity index (χ3v) is 3.79. The first kappa shape index (κ1) is 14.5. The molecule has 6 heteroatoms. The van der Waals surface area contributed by atoms with Crippen LogP contribution < -0.4 is 11.1 Å². The topological polar surface area (TPSA) is 98.3 Å². The van der Waals surface area contributed by atoms with E-state index in [1.54, 1.807) is 12.1 Å². The molecule has 0 atom stereocenters. The standard InChI is InChI=1S/C14H19N3O3/c15-14(8-1-2-9-14)13(18)16-10-7-11-3-5-12(6-4-11)17(19)20/h3-6H,1-2,7-10,15H2,(H,16,18). The zero-order chi connectivity index (χ0) is 14.6. The van der Waals surface area contributed by atoms with Crippen molar-refractivity contribution in [1.82, 2.24) is 5.32 Å². The number of rotatable bonds is 5. The maximum absolute atomic E-state index is 12.0.